The van der Waals surface area contributed by atoms with E-state index in [9.17, 15) is 9.59 Å². The zero-order valence-electron chi connectivity index (χ0n) is 11.9. The van der Waals surface area contributed by atoms with E-state index in [0.717, 1.165) is 11.3 Å². The second-order valence-corrected chi connectivity index (χ2v) is 6.19. The van der Waals surface area contributed by atoms with Crippen LogP contribution in [0.3, 0.4) is 0 Å². The molecule has 0 aromatic heterocycles. The van der Waals surface area contributed by atoms with Gasteiger partial charge in [-0.05, 0) is 42.5 Å². The predicted molar refractivity (Wildman–Crippen MR) is 80.9 cm³/mol. The van der Waals surface area contributed by atoms with Gasteiger partial charge in [0.25, 0.3) is 0 Å². The first-order valence-electron chi connectivity index (χ1n) is 6.77. The van der Waals surface area contributed by atoms with Crippen LogP contribution in [0, 0.1) is 0 Å². The second kappa shape index (κ2) is 6.79. The van der Waals surface area contributed by atoms with Crippen LogP contribution in [0.1, 0.15) is 17.5 Å². The van der Waals surface area contributed by atoms with Crippen molar-refractivity contribution in [3.8, 4) is 0 Å². The Morgan fingerprint density at radius 2 is 2.00 bits per heavy atom. The minimum absolute atomic E-state index is 0.0661. The summed E-state index contributed by atoms with van der Waals surface area (Å²) in [7, 11) is 3.35. The molecule has 0 bridgehead atoms. The van der Waals surface area contributed by atoms with Crippen molar-refractivity contribution in [1.82, 2.24) is 10.2 Å². The van der Waals surface area contributed by atoms with Crippen LogP contribution < -0.4 is 5.32 Å². The molecule has 0 aliphatic heterocycles. The highest BCUT2D eigenvalue weighted by Gasteiger charge is 2.12. The topological polar surface area (TPSA) is 49.4 Å². The van der Waals surface area contributed by atoms with Gasteiger partial charge in [-0.1, -0.05) is 6.07 Å². The minimum atomic E-state index is -0.106. The van der Waals surface area contributed by atoms with Crippen LogP contribution in [-0.4, -0.2) is 43.1 Å². The largest absolute Gasteiger partial charge is 0.347 e. The van der Waals surface area contributed by atoms with Gasteiger partial charge >= 0.3 is 0 Å². The van der Waals surface area contributed by atoms with Gasteiger partial charge in [-0.15, -0.1) is 11.8 Å². The molecule has 1 aliphatic rings. The molecule has 0 fully saturated rings. The predicted octanol–water partition coefficient (Wildman–Crippen LogP) is 1.47. The number of hydrogen-bond acceptors (Lipinski definition) is 3. The van der Waals surface area contributed by atoms with E-state index >= 15 is 0 Å². The van der Waals surface area contributed by atoms with Crippen LogP contribution in [0.25, 0.3) is 0 Å². The summed E-state index contributed by atoms with van der Waals surface area (Å²) in [6.45, 7) is 0.0661. The summed E-state index contributed by atoms with van der Waals surface area (Å²) in [6, 6.07) is 6.43. The molecule has 0 spiro atoms. The first-order valence-corrected chi connectivity index (χ1v) is 7.76. The van der Waals surface area contributed by atoms with E-state index in [4.69, 9.17) is 0 Å². The Morgan fingerprint density at radius 3 is 2.75 bits per heavy atom. The van der Waals surface area contributed by atoms with Gasteiger partial charge in [0.15, 0.2) is 0 Å². The van der Waals surface area contributed by atoms with Crippen molar-refractivity contribution in [2.24, 2.45) is 0 Å². The number of rotatable bonds is 5. The Morgan fingerprint density at radius 1 is 1.25 bits per heavy atom. The van der Waals surface area contributed by atoms with Crippen molar-refractivity contribution in [3.05, 3.63) is 29.3 Å². The van der Waals surface area contributed by atoms with Crippen LogP contribution in [0.2, 0.25) is 0 Å². The van der Waals surface area contributed by atoms with Crippen molar-refractivity contribution in [2.75, 3.05) is 26.4 Å². The molecule has 0 radical (unpaired) electrons. The standard InChI is InChI=1S/C15H20N2O2S/c1-17(2)15(19)9-16-14(18)10-20-13-7-6-11-4-3-5-12(11)8-13/h6-8H,3-5,9-10H2,1-2H3,(H,16,18). The second-order valence-electron chi connectivity index (χ2n) is 5.14. The number of nitrogens with zero attached hydrogens (tertiary/aromatic N) is 1. The fraction of sp³-hybridized carbons (Fsp3) is 0.467. The van der Waals surface area contributed by atoms with Crippen molar-refractivity contribution in [3.63, 3.8) is 0 Å². The summed E-state index contributed by atoms with van der Waals surface area (Å²) < 4.78 is 0. The summed E-state index contributed by atoms with van der Waals surface area (Å²) in [5, 5.41) is 2.64. The first kappa shape index (κ1) is 14.9. The third-order valence-electron chi connectivity index (χ3n) is 3.38. The van der Waals surface area contributed by atoms with E-state index in [2.05, 4.69) is 23.5 Å². The van der Waals surface area contributed by atoms with Gasteiger partial charge in [0.05, 0.1) is 12.3 Å². The van der Waals surface area contributed by atoms with Crippen LogP contribution in [0.15, 0.2) is 23.1 Å². The fourth-order valence-corrected chi connectivity index (χ4v) is 2.96. The molecule has 5 heteroatoms. The monoisotopic (exact) mass is 292 g/mol. The van der Waals surface area contributed by atoms with Crippen LogP contribution in [0.5, 0.6) is 0 Å². The lowest BCUT2D eigenvalue weighted by Gasteiger charge is -2.11. The number of carbonyl (C=O) groups excluding carboxylic acids is 2. The number of hydrogen-bond donors (Lipinski definition) is 1. The summed E-state index contributed by atoms with van der Waals surface area (Å²) in [5.74, 6) is 0.144. The summed E-state index contributed by atoms with van der Waals surface area (Å²) >= 11 is 1.52. The molecule has 108 valence electrons. The quantitative estimate of drug-likeness (QED) is 0.836. The molecule has 0 unspecified atom stereocenters. The van der Waals surface area contributed by atoms with E-state index in [1.807, 2.05) is 0 Å². The maximum absolute atomic E-state index is 11.7. The van der Waals surface area contributed by atoms with Gasteiger partial charge < -0.3 is 10.2 Å². The molecular formula is C15H20N2O2S. The molecule has 0 saturated heterocycles. The molecule has 4 nitrogen and oxygen atoms in total. The van der Waals surface area contributed by atoms with E-state index in [0.29, 0.717) is 5.75 Å². The van der Waals surface area contributed by atoms with Crippen molar-refractivity contribution in [1.29, 1.82) is 0 Å². The van der Waals surface area contributed by atoms with Crippen molar-refractivity contribution in [2.45, 2.75) is 24.2 Å². The first-order chi connectivity index (χ1) is 9.56. The number of amides is 2. The normalized spacial score (nSPS) is 12.9. The molecule has 20 heavy (non-hydrogen) atoms. The number of thioether (sulfide) groups is 1. The van der Waals surface area contributed by atoms with Crippen molar-refractivity contribution < 1.29 is 9.59 Å². The van der Waals surface area contributed by atoms with Gasteiger partial charge in [-0.2, -0.15) is 0 Å². The van der Waals surface area contributed by atoms with Gasteiger partial charge in [-0.25, -0.2) is 0 Å². The maximum Gasteiger partial charge on any atom is 0.241 e. The average Bonchev–Trinajstić information content (AvgIpc) is 2.89. The highest BCUT2D eigenvalue weighted by Crippen LogP contribution is 2.27. The summed E-state index contributed by atoms with van der Waals surface area (Å²) in [4.78, 5) is 25.6. The Labute approximate surface area is 123 Å². The lowest BCUT2D eigenvalue weighted by Crippen LogP contribution is -2.36. The SMILES string of the molecule is CN(C)C(=O)CNC(=O)CSc1ccc2c(c1)CCC2. The van der Waals surface area contributed by atoms with E-state index in [-0.39, 0.29) is 18.4 Å². The average molecular weight is 292 g/mol. The number of aryl methyl sites for hydroxylation is 2. The summed E-state index contributed by atoms with van der Waals surface area (Å²) in [5.41, 5.74) is 2.86. The van der Waals surface area contributed by atoms with E-state index in [1.54, 1.807) is 14.1 Å². The molecule has 2 rings (SSSR count). The zero-order valence-corrected chi connectivity index (χ0v) is 12.8. The molecule has 1 N–H and O–H groups in total. The number of carbonyl (C=O) groups is 2. The number of benzene rings is 1. The third kappa shape index (κ3) is 4.00. The van der Waals surface area contributed by atoms with E-state index < -0.39 is 0 Å². The molecule has 1 aromatic carbocycles. The Kier molecular flexibility index (Phi) is 5.06. The molecule has 2 amide bonds. The Hall–Kier alpha value is -1.49. The minimum Gasteiger partial charge on any atom is -0.347 e. The molecule has 0 heterocycles. The molecular weight excluding hydrogens is 272 g/mol. The van der Waals surface area contributed by atoms with E-state index in [1.165, 1.54) is 40.6 Å². The smallest absolute Gasteiger partial charge is 0.241 e. The molecule has 1 aliphatic carbocycles. The molecule has 0 atom stereocenters. The van der Waals surface area contributed by atoms with Crippen LogP contribution >= 0.6 is 11.8 Å². The third-order valence-corrected chi connectivity index (χ3v) is 4.37. The van der Waals surface area contributed by atoms with Gasteiger partial charge in [0.1, 0.15) is 0 Å². The number of likely N-dealkylation sites (N-methyl/N-ethyl adjacent to an activating group) is 1. The Balaban J connectivity index is 1.77. The lowest BCUT2D eigenvalue weighted by molar-refractivity contribution is -0.130. The number of fused-ring (bicyclic) bond motifs is 1. The van der Waals surface area contributed by atoms with Crippen LogP contribution in [0.4, 0.5) is 0 Å². The number of nitrogens with one attached hydrogen (secondary N) is 1. The van der Waals surface area contributed by atoms with Gasteiger partial charge in [0.2, 0.25) is 11.8 Å². The molecule has 1 aromatic rings. The summed E-state index contributed by atoms with van der Waals surface area (Å²) in [6.07, 6.45) is 3.55. The zero-order chi connectivity index (χ0) is 14.5. The van der Waals surface area contributed by atoms with Crippen molar-refractivity contribution >= 4 is 23.6 Å². The highest BCUT2D eigenvalue weighted by atomic mass is 32.2. The molecule has 0 saturated carbocycles. The fourth-order valence-electron chi connectivity index (χ4n) is 2.17. The van der Waals surface area contributed by atoms with Gasteiger partial charge in [-0.3, -0.25) is 9.59 Å². The van der Waals surface area contributed by atoms with Crippen LogP contribution in [-0.2, 0) is 22.4 Å². The Bertz CT molecular complexity index is 515. The maximum atomic E-state index is 11.7. The lowest BCUT2D eigenvalue weighted by atomic mass is 10.1. The highest BCUT2D eigenvalue weighted by molar-refractivity contribution is 8.00. The van der Waals surface area contributed by atoms with Gasteiger partial charge in [0, 0.05) is 19.0 Å².